The molecule has 0 spiro atoms. The van der Waals surface area contributed by atoms with Crippen LogP contribution in [0.25, 0.3) is 21.6 Å². The highest BCUT2D eigenvalue weighted by molar-refractivity contribution is 7.13. The standard InChI is InChI=1S/C18H19N3OS/c1-2-9-21-15-6-4-3-5-12(15)10-16(21)18-20-14(11-23-18)17(22)19-13-7-8-13/h3-6,10-11,13H,2,7-9H2,1H3,(H,19,22). The molecule has 1 fully saturated rings. The van der Waals surface area contributed by atoms with Gasteiger partial charge >= 0.3 is 0 Å². The average molecular weight is 325 g/mol. The lowest BCUT2D eigenvalue weighted by Crippen LogP contribution is -2.25. The molecule has 0 atom stereocenters. The molecule has 0 aliphatic heterocycles. The average Bonchev–Trinajstić information content (AvgIpc) is 3.11. The van der Waals surface area contributed by atoms with Crippen LogP contribution < -0.4 is 5.32 Å². The molecule has 1 aliphatic rings. The fourth-order valence-corrected chi connectivity index (χ4v) is 3.66. The van der Waals surface area contributed by atoms with E-state index in [0.29, 0.717) is 11.7 Å². The SMILES string of the molecule is CCCn1c(-c2nc(C(=O)NC3CC3)cs2)cc2ccccc21. The highest BCUT2D eigenvalue weighted by Gasteiger charge is 2.25. The van der Waals surface area contributed by atoms with Crippen molar-refractivity contribution in [3.8, 4) is 10.7 Å². The largest absolute Gasteiger partial charge is 0.348 e. The van der Waals surface area contributed by atoms with Crippen molar-refractivity contribution in [3.63, 3.8) is 0 Å². The number of carbonyl (C=O) groups excluding carboxylic acids is 1. The smallest absolute Gasteiger partial charge is 0.270 e. The second-order valence-electron chi connectivity index (χ2n) is 6.03. The van der Waals surface area contributed by atoms with Crippen LogP contribution in [-0.2, 0) is 6.54 Å². The van der Waals surface area contributed by atoms with Crippen LogP contribution in [0.15, 0.2) is 35.7 Å². The van der Waals surface area contributed by atoms with Crippen molar-refractivity contribution in [1.29, 1.82) is 0 Å². The number of aryl methyl sites for hydroxylation is 1. The molecule has 23 heavy (non-hydrogen) atoms. The van der Waals surface area contributed by atoms with E-state index in [-0.39, 0.29) is 5.91 Å². The van der Waals surface area contributed by atoms with E-state index < -0.39 is 0 Å². The number of amides is 1. The maximum absolute atomic E-state index is 12.1. The van der Waals surface area contributed by atoms with Gasteiger partial charge in [-0.25, -0.2) is 4.98 Å². The summed E-state index contributed by atoms with van der Waals surface area (Å²) >= 11 is 1.54. The van der Waals surface area contributed by atoms with Crippen molar-refractivity contribution >= 4 is 28.1 Å². The first kappa shape index (κ1) is 14.5. The van der Waals surface area contributed by atoms with Gasteiger partial charge in [0.1, 0.15) is 10.7 Å². The Hall–Kier alpha value is -2.14. The van der Waals surface area contributed by atoms with Crippen molar-refractivity contribution in [2.45, 2.75) is 38.8 Å². The molecule has 1 aromatic carbocycles. The molecule has 1 N–H and O–H groups in total. The molecule has 1 saturated carbocycles. The van der Waals surface area contributed by atoms with Crippen LogP contribution in [0.5, 0.6) is 0 Å². The number of aromatic nitrogens is 2. The normalized spacial score (nSPS) is 14.3. The minimum absolute atomic E-state index is 0.0480. The molecule has 0 bridgehead atoms. The molecular weight excluding hydrogens is 306 g/mol. The van der Waals surface area contributed by atoms with E-state index in [9.17, 15) is 4.79 Å². The van der Waals surface area contributed by atoms with Gasteiger partial charge in [-0.3, -0.25) is 4.79 Å². The summed E-state index contributed by atoms with van der Waals surface area (Å²) in [5.41, 5.74) is 2.86. The highest BCUT2D eigenvalue weighted by Crippen LogP contribution is 2.31. The van der Waals surface area contributed by atoms with Crippen LogP contribution in [0, 0.1) is 0 Å². The van der Waals surface area contributed by atoms with E-state index in [0.717, 1.165) is 36.5 Å². The van der Waals surface area contributed by atoms with E-state index in [1.165, 1.54) is 10.9 Å². The molecule has 0 unspecified atom stereocenters. The first-order valence-electron chi connectivity index (χ1n) is 8.11. The first-order valence-corrected chi connectivity index (χ1v) is 8.99. The molecule has 0 saturated heterocycles. The molecular formula is C18H19N3OS. The number of para-hydroxylation sites is 1. The minimum Gasteiger partial charge on any atom is -0.348 e. The summed E-state index contributed by atoms with van der Waals surface area (Å²) in [6.07, 6.45) is 3.24. The summed E-state index contributed by atoms with van der Waals surface area (Å²) < 4.78 is 2.30. The Kier molecular flexibility index (Phi) is 3.65. The molecule has 2 heterocycles. The van der Waals surface area contributed by atoms with Crippen molar-refractivity contribution in [3.05, 3.63) is 41.4 Å². The van der Waals surface area contributed by atoms with Gasteiger partial charge < -0.3 is 9.88 Å². The quantitative estimate of drug-likeness (QED) is 0.769. The molecule has 4 nitrogen and oxygen atoms in total. The van der Waals surface area contributed by atoms with Gasteiger partial charge in [-0.05, 0) is 31.4 Å². The Balaban J connectivity index is 1.72. The maximum Gasteiger partial charge on any atom is 0.270 e. The zero-order chi connectivity index (χ0) is 15.8. The Bertz CT molecular complexity index is 860. The zero-order valence-electron chi connectivity index (χ0n) is 13.1. The van der Waals surface area contributed by atoms with Gasteiger partial charge in [0, 0.05) is 28.9 Å². The number of nitrogens with zero attached hydrogens (tertiary/aromatic N) is 2. The number of fused-ring (bicyclic) bond motifs is 1. The molecule has 3 aromatic rings. The van der Waals surface area contributed by atoms with Gasteiger partial charge in [0.15, 0.2) is 0 Å². The molecule has 1 aliphatic carbocycles. The summed E-state index contributed by atoms with van der Waals surface area (Å²) in [5, 5.41) is 6.99. The Morgan fingerprint density at radius 3 is 3.00 bits per heavy atom. The summed E-state index contributed by atoms with van der Waals surface area (Å²) in [4.78, 5) is 16.7. The fourth-order valence-electron chi connectivity index (χ4n) is 2.83. The number of hydrogen-bond donors (Lipinski definition) is 1. The number of thiazole rings is 1. The van der Waals surface area contributed by atoms with Gasteiger partial charge in [-0.2, -0.15) is 0 Å². The van der Waals surface area contributed by atoms with Gasteiger partial charge in [0.2, 0.25) is 0 Å². The van der Waals surface area contributed by atoms with Crippen LogP contribution >= 0.6 is 11.3 Å². The number of benzene rings is 1. The number of hydrogen-bond acceptors (Lipinski definition) is 3. The Labute approximate surface area is 139 Å². The lowest BCUT2D eigenvalue weighted by atomic mass is 10.2. The van der Waals surface area contributed by atoms with Gasteiger partial charge in [0.05, 0.1) is 5.69 Å². The summed E-state index contributed by atoms with van der Waals surface area (Å²) in [6, 6.07) is 10.9. The molecule has 0 radical (unpaired) electrons. The van der Waals surface area contributed by atoms with Crippen LogP contribution in [0.1, 0.15) is 36.7 Å². The minimum atomic E-state index is -0.0480. The van der Waals surface area contributed by atoms with Gasteiger partial charge in [0.25, 0.3) is 5.91 Å². The van der Waals surface area contributed by atoms with Crippen molar-refractivity contribution in [2.24, 2.45) is 0 Å². The summed E-state index contributed by atoms with van der Waals surface area (Å²) in [6.45, 7) is 3.13. The van der Waals surface area contributed by atoms with Gasteiger partial charge in [-0.1, -0.05) is 25.1 Å². The third-order valence-corrected chi connectivity index (χ3v) is 4.99. The van der Waals surface area contributed by atoms with E-state index >= 15 is 0 Å². The van der Waals surface area contributed by atoms with Crippen LogP contribution in [0.4, 0.5) is 0 Å². The lowest BCUT2D eigenvalue weighted by molar-refractivity contribution is 0.0947. The predicted molar refractivity (Wildman–Crippen MR) is 93.8 cm³/mol. The summed E-state index contributed by atoms with van der Waals surface area (Å²) in [7, 11) is 0. The van der Waals surface area contributed by atoms with Gasteiger partial charge in [-0.15, -0.1) is 11.3 Å². The van der Waals surface area contributed by atoms with E-state index in [4.69, 9.17) is 0 Å². The van der Waals surface area contributed by atoms with Crippen LogP contribution in [0.2, 0.25) is 0 Å². The third-order valence-electron chi connectivity index (χ3n) is 4.13. The summed E-state index contributed by atoms with van der Waals surface area (Å²) in [5.74, 6) is -0.0480. The number of carbonyl (C=O) groups is 1. The topological polar surface area (TPSA) is 46.9 Å². The predicted octanol–water partition coefficient (Wildman–Crippen LogP) is 4.07. The van der Waals surface area contributed by atoms with Crippen molar-refractivity contribution in [2.75, 3.05) is 0 Å². The van der Waals surface area contributed by atoms with Crippen LogP contribution in [0.3, 0.4) is 0 Å². The van der Waals surface area contributed by atoms with Crippen molar-refractivity contribution in [1.82, 2.24) is 14.9 Å². The number of nitrogens with one attached hydrogen (secondary N) is 1. The number of rotatable bonds is 5. The van der Waals surface area contributed by atoms with E-state index in [1.54, 1.807) is 11.3 Å². The van der Waals surface area contributed by atoms with Crippen molar-refractivity contribution < 1.29 is 4.79 Å². The Morgan fingerprint density at radius 2 is 2.22 bits per heavy atom. The second-order valence-corrected chi connectivity index (χ2v) is 6.88. The van der Waals surface area contributed by atoms with Crippen LogP contribution in [-0.4, -0.2) is 21.5 Å². The molecule has 1 amide bonds. The molecule has 2 aromatic heterocycles. The molecule has 118 valence electrons. The Morgan fingerprint density at radius 1 is 1.39 bits per heavy atom. The molecule has 5 heteroatoms. The second kappa shape index (κ2) is 5.81. The fraction of sp³-hybridized carbons (Fsp3) is 0.333. The maximum atomic E-state index is 12.1. The first-order chi connectivity index (χ1) is 11.3. The third kappa shape index (κ3) is 2.77. The molecule has 4 rings (SSSR count). The van der Waals surface area contributed by atoms with E-state index in [1.807, 2.05) is 5.38 Å². The highest BCUT2D eigenvalue weighted by atomic mass is 32.1. The zero-order valence-corrected chi connectivity index (χ0v) is 13.9. The van der Waals surface area contributed by atoms with E-state index in [2.05, 4.69) is 52.1 Å². The monoisotopic (exact) mass is 325 g/mol. The lowest BCUT2D eigenvalue weighted by Gasteiger charge is -2.07.